The average Bonchev–Trinajstić information content (AvgIpc) is 2.96. The summed E-state index contributed by atoms with van der Waals surface area (Å²) in [6.07, 6.45) is 0.239. The molecule has 1 N–H and O–H groups in total. The fraction of sp³-hybridized carbons (Fsp3) is 0.176. The molecule has 1 aromatic heterocycles. The number of carbonyl (C=O) groups excluding carboxylic acids is 1. The molecular weight excluding hydrogens is 312 g/mol. The highest BCUT2D eigenvalue weighted by Crippen LogP contribution is 2.29. The van der Waals surface area contributed by atoms with Gasteiger partial charge in [-0.15, -0.1) is 0 Å². The highest BCUT2D eigenvalue weighted by molar-refractivity contribution is 7.22. The van der Waals surface area contributed by atoms with Crippen LogP contribution in [-0.2, 0) is 11.2 Å². The van der Waals surface area contributed by atoms with Crippen molar-refractivity contribution in [3.8, 4) is 11.5 Å². The number of fused-ring (bicyclic) bond motifs is 1. The number of hydrogen-bond acceptors (Lipinski definition) is 5. The van der Waals surface area contributed by atoms with Gasteiger partial charge < -0.3 is 14.8 Å². The Morgan fingerprint density at radius 1 is 1.17 bits per heavy atom. The third-order valence-electron chi connectivity index (χ3n) is 3.39. The quantitative estimate of drug-likeness (QED) is 0.779. The van der Waals surface area contributed by atoms with Gasteiger partial charge in [-0.2, -0.15) is 0 Å². The van der Waals surface area contributed by atoms with Crippen molar-refractivity contribution < 1.29 is 14.3 Å². The highest BCUT2D eigenvalue weighted by Gasteiger charge is 2.11. The summed E-state index contributed by atoms with van der Waals surface area (Å²) in [6.45, 7) is 0. The average molecular weight is 328 g/mol. The van der Waals surface area contributed by atoms with Crippen LogP contribution in [0, 0.1) is 0 Å². The minimum Gasteiger partial charge on any atom is -0.497 e. The smallest absolute Gasteiger partial charge is 0.230 e. The standard InChI is InChI=1S/C17H16N2O3S/c1-21-12-7-8-13-15(10-12)23-17(18-13)19-16(20)9-11-5-3-4-6-14(11)22-2/h3-8,10H,9H2,1-2H3,(H,18,19,20). The Bertz CT molecular complexity index is 845. The van der Waals surface area contributed by atoms with E-state index in [1.165, 1.54) is 11.3 Å². The van der Waals surface area contributed by atoms with Gasteiger partial charge in [-0.3, -0.25) is 4.79 Å². The number of benzene rings is 2. The van der Waals surface area contributed by atoms with Crippen LogP contribution in [0.2, 0.25) is 0 Å². The van der Waals surface area contributed by atoms with E-state index in [9.17, 15) is 4.79 Å². The molecule has 0 saturated carbocycles. The highest BCUT2D eigenvalue weighted by atomic mass is 32.1. The molecule has 1 heterocycles. The lowest BCUT2D eigenvalue weighted by Crippen LogP contribution is -2.14. The van der Waals surface area contributed by atoms with E-state index in [2.05, 4.69) is 10.3 Å². The second kappa shape index (κ2) is 6.66. The molecule has 5 nitrogen and oxygen atoms in total. The van der Waals surface area contributed by atoms with Gasteiger partial charge in [-0.05, 0) is 24.3 Å². The molecule has 23 heavy (non-hydrogen) atoms. The van der Waals surface area contributed by atoms with E-state index in [-0.39, 0.29) is 12.3 Å². The molecule has 0 fully saturated rings. The number of methoxy groups -OCH3 is 2. The van der Waals surface area contributed by atoms with Gasteiger partial charge in [-0.25, -0.2) is 4.98 Å². The van der Waals surface area contributed by atoms with Crippen LogP contribution in [0.15, 0.2) is 42.5 Å². The first-order chi connectivity index (χ1) is 11.2. The van der Waals surface area contributed by atoms with Crippen LogP contribution < -0.4 is 14.8 Å². The summed E-state index contributed by atoms with van der Waals surface area (Å²) in [7, 11) is 3.22. The fourth-order valence-corrected chi connectivity index (χ4v) is 3.18. The largest absolute Gasteiger partial charge is 0.497 e. The van der Waals surface area contributed by atoms with Gasteiger partial charge in [0.2, 0.25) is 5.91 Å². The molecule has 1 amide bonds. The van der Waals surface area contributed by atoms with Gasteiger partial charge in [0.05, 0.1) is 30.9 Å². The van der Waals surface area contributed by atoms with E-state index in [4.69, 9.17) is 9.47 Å². The van der Waals surface area contributed by atoms with Gasteiger partial charge in [0.25, 0.3) is 0 Å². The third-order valence-corrected chi connectivity index (χ3v) is 4.32. The number of nitrogens with zero attached hydrogens (tertiary/aromatic N) is 1. The van der Waals surface area contributed by atoms with Gasteiger partial charge in [0, 0.05) is 5.56 Å². The van der Waals surface area contributed by atoms with Crippen molar-refractivity contribution in [3.63, 3.8) is 0 Å². The maximum absolute atomic E-state index is 12.2. The molecule has 2 aromatic carbocycles. The molecule has 118 valence electrons. The molecule has 0 aliphatic carbocycles. The van der Waals surface area contributed by atoms with E-state index < -0.39 is 0 Å². The summed E-state index contributed by atoms with van der Waals surface area (Å²) in [5.41, 5.74) is 1.68. The molecule has 0 bridgehead atoms. The van der Waals surface area contributed by atoms with Crippen molar-refractivity contribution in [3.05, 3.63) is 48.0 Å². The zero-order valence-corrected chi connectivity index (χ0v) is 13.6. The van der Waals surface area contributed by atoms with Crippen LogP contribution in [0.4, 0.5) is 5.13 Å². The molecule has 0 aliphatic rings. The van der Waals surface area contributed by atoms with Crippen LogP contribution in [0.5, 0.6) is 11.5 Å². The zero-order chi connectivity index (χ0) is 16.2. The Kier molecular flexibility index (Phi) is 4.43. The minimum absolute atomic E-state index is 0.125. The first kappa shape index (κ1) is 15.3. The second-order valence-electron chi connectivity index (χ2n) is 4.89. The molecule has 0 unspecified atom stereocenters. The number of hydrogen-bond donors (Lipinski definition) is 1. The molecule has 0 saturated heterocycles. The monoisotopic (exact) mass is 328 g/mol. The Morgan fingerprint density at radius 3 is 2.78 bits per heavy atom. The number of anilines is 1. The SMILES string of the molecule is COc1ccc2nc(NC(=O)Cc3ccccc3OC)sc2c1. The summed E-state index contributed by atoms with van der Waals surface area (Å²) in [5, 5.41) is 3.42. The summed E-state index contributed by atoms with van der Waals surface area (Å²) in [4.78, 5) is 16.6. The van der Waals surface area contributed by atoms with Gasteiger partial charge in [-0.1, -0.05) is 29.5 Å². The van der Waals surface area contributed by atoms with E-state index >= 15 is 0 Å². The summed E-state index contributed by atoms with van der Waals surface area (Å²) in [5.74, 6) is 1.35. The van der Waals surface area contributed by atoms with Gasteiger partial charge in [0.1, 0.15) is 11.5 Å². The lowest BCUT2D eigenvalue weighted by molar-refractivity contribution is -0.115. The Labute approximate surface area is 137 Å². The Hall–Kier alpha value is -2.60. The molecular formula is C17H16N2O3S. The van der Waals surface area contributed by atoms with Crippen LogP contribution >= 0.6 is 11.3 Å². The number of carbonyl (C=O) groups is 1. The van der Waals surface area contributed by atoms with Crippen molar-refractivity contribution in [2.75, 3.05) is 19.5 Å². The minimum atomic E-state index is -0.125. The summed E-state index contributed by atoms with van der Waals surface area (Å²) in [6, 6.07) is 13.1. The molecule has 6 heteroatoms. The summed E-state index contributed by atoms with van der Waals surface area (Å²) >= 11 is 1.42. The molecule has 3 aromatic rings. The van der Waals surface area contributed by atoms with Crippen molar-refractivity contribution in [2.24, 2.45) is 0 Å². The summed E-state index contributed by atoms with van der Waals surface area (Å²) < 4.78 is 11.4. The number of nitrogens with one attached hydrogen (secondary N) is 1. The van der Waals surface area contributed by atoms with E-state index in [0.717, 1.165) is 21.5 Å². The first-order valence-corrected chi connectivity index (χ1v) is 7.87. The van der Waals surface area contributed by atoms with Crippen molar-refractivity contribution >= 4 is 32.6 Å². The van der Waals surface area contributed by atoms with Gasteiger partial charge in [0.15, 0.2) is 5.13 Å². The third kappa shape index (κ3) is 3.43. The normalized spacial score (nSPS) is 10.5. The first-order valence-electron chi connectivity index (χ1n) is 7.06. The predicted molar refractivity (Wildman–Crippen MR) is 91.5 cm³/mol. The van der Waals surface area contributed by atoms with Crippen LogP contribution in [0.3, 0.4) is 0 Å². The number of rotatable bonds is 5. The van der Waals surface area contributed by atoms with Crippen molar-refractivity contribution in [1.29, 1.82) is 0 Å². The number of amides is 1. The maximum atomic E-state index is 12.2. The number of aromatic nitrogens is 1. The Morgan fingerprint density at radius 2 is 2.00 bits per heavy atom. The number of ether oxygens (including phenoxy) is 2. The van der Waals surface area contributed by atoms with Crippen LogP contribution in [-0.4, -0.2) is 25.1 Å². The van der Waals surface area contributed by atoms with E-state index in [1.54, 1.807) is 14.2 Å². The topological polar surface area (TPSA) is 60.5 Å². The van der Waals surface area contributed by atoms with E-state index in [1.807, 2.05) is 42.5 Å². The molecule has 0 spiro atoms. The molecule has 3 rings (SSSR count). The number of thiazole rings is 1. The Balaban J connectivity index is 1.75. The fourth-order valence-electron chi connectivity index (χ4n) is 2.27. The molecule has 0 aliphatic heterocycles. The molecule has 0 atom stereocenters. The van der Waals surface area contributed by atoms with Crippen LogP contribution in [0.1, 0.15) is 5.56 Å². The van der Waals surface area contributed by atoms with Gasteiger partial charge >= 0.3 is 0 Å². The van der Waals surface area contributed by atoms with Crippen molar-refractivity contribution in [2.45, 2.75) is 6.42 Å². The van der Waals surface area contributed by atoms with E-state index in [0.29, 0.717) is 10.9 Å². The van der Waals surface area contributed by atoms with Crippen molar-refractivity contribution in [1.82, 2.24) is 4.98 Å². The lowest BCUT2D eigenvalue weighted by atomic mass is 10.1. The lowest BCUT2D eigenvalue weighted by Gasteiger charge is -2.07. The second-order valence-corrected chi connectivity index (χ2v) is 5.92. The molecule has 0 radical (unpaired) electrons. The number of para-hydroxylation sites is 1. The zero-order valence-electron chi connectivity index (χ0n) is 12.8. The maximum Gasteiger partial charge on any atom is 0.230 e. The van der Waals surface area contributed by atoms with Crippen LogP contribution in [0.25, 0.3) is 10.2 Å². The predicted octanol–water partition coefficient (Wildman–Crippen LogP) is 3.49.